The van der Waals surface area contributed by atoms with Gasteiger partial charge >= 0.3 is 0 Å². The molecular weight excluding hydrogens is 279 g/mol. The van der Waals surface area contributed by atoms with E-state index in [2.05, 4.69) is 20.9 Å². The number of aromatic nitrogens is 2. The number of H-pyrrole nitrogens is 1. The van der Waals surface area contributed by atoms with Crippen molar-refractivity contribution in [1.82, 2.24) is 9.55 Å². The highest BCUT2D eigenvalue weighted by molar-refractivity contribution is 9.10. The monoisotopic (exact) mass is 286 g/mol. The third-order valence-electron chi connectivity index (χ3n) is 2.02. The second-order valence-corrected chi connectivity index (χ2v) is 4.42. The molecule has 2 aromatic rings. The van der Waals surface area contributed by atoms with Gasteiger partial charge in [-0.2, -0.15) is 0 Å². The lowest BCUT2D eigenvalue weighted by Crippen LogP contribution is -1.97. The molecule has 0 saturated carbocycles. The van der Waals surface area contributed by atoms with Gasteiger partial charge in [-0.25, -0.2) is 4.39 Å². The van der Waals surface area contributed by atoms with Gasteiger partial charge < -0.3 is 4.98 Å². The number of hydrogen-bond acceptors (Lipinski definition) is 1. The molecule has 0 radical (unpaired) electrons. The van der Waals surface area contributed by atoms with E-state index in [1.165, 1.54) is 6.07 Å². The summed E-state index contributed by atoms with van der Waals surface area (Å²) in [5, 5.41) is 0. The van der Waals surface area contributed by atoms with Crippen LogP contribution in [0.5, 0.6) is 0 Å². The molecule has 0 bridgehead atoms. The van der Waals surface area contributed by atoms with Crippen molar-refractivity contribution in [1.29, 1.82) is 0 Å². The molecule has 1 aromatic heterocycles. The average Bonchev–Trinajstić information content (AvgIpc) is 2.45. The van der Waals surface area contributed by atoms with Gasteiger partial charge in [0.1, 0.15) is 5.82 Å². The van der Waals surface area contributed by atoms with Crippen molar-refractivity contribution in [2.75, 3.05) is 0 Å². The van der Waals surface area contributed by atoms with E-state index in [0.29, 0.717) is 14.9 Å². The fraction of sp³-hybridized carbons (Fsp3) is 0.100. The Morgan fingerprint density at radius 3 is 2.73 bits per heavy atom. The first-order valence-electron chi connectivity index (χ1n) is 4.32. The van der Waals surface area contributed by atoms with E-state index >= 15 is 0 Å². The molecule has 15 heavy (non-hydrogen) atoms. The summed E-state index contributed by atoms with van der Waals surface area (Å²) in [7, 11) is 0. The maximum Gasteiger partial charge on any atom is 0.182 e. The first-order valence-corrected chi connectivity index (χ1v) is 5.52. The topological polar surface area (TPSA) is 20.7 Å². The van der Waals surface area contributed by atoms with Crippen LogP contribution in [0.2, 0.25) is 0 Å². The van der Waals surface area contributed by atoms with Crippen molar-refractivity contribution in [2.45, 2.75) is 6.92 Å². The van der Waals surface area contributed by atoms with Gasteiger partial charge in [0, 0.05) is 16.4 Å². The Kier molecular flexibility index (Phi) is 2.75. The molecule has 1 aromatic carbocycles. The van der Waals surface area contributed by atoms with Gasteiger partial charge in [0.2, 0.25) is 0 Å². The number of aryl methyl sites for hydroxylation is 1. The van der Waals surface area contributed by atoms with Gasteiger partial charge in [-0.05, 0) is 47.2 Å². The summed E-state index contributed by atoms with van der Waals surface area (Å²) in [4.78, 5) is 2.95. The maximum absolute atomic E-state index is 13.6. The molecule has 0 aliphatic heterocycles. The number of benzene rings is 1. The van der Waals surface area contributed by atoms with Crippen molar-refractivity contribution < 1.29 is 4.39 Å². The number of rotatable bonds is 1. The first-order chi connectivity index (χ1) is 7.09. The largest absolute Gasteiger partial charge is 0.335 e. The van der Waals surface area contributed by atoms with Gasteiger partial charge in [-0.3, -0.25) is 4.57 Å². The van der Waals surface area contributed by atoms with Crippen LogP contribution in [0, 0.1) is 17.5 Å². The molecule has 1 heterocycles. The maximum atomic E-state index is 13.6. The van der Waals surface area contributed by atoms with Crippen LogP contribution in [-0.2, 0) is 0 Å². The van der Waals surface area contributed by atoms with E-state index in [-0.39, 0.29) is 5.82 Å². The highest BCUT2D eigenvalue weighted by Gasteiger charge is 2.09. The minimum Gasteiger partial charge on any atom is -0.335 e. The van der Waals surface area contributed by atoms with E-state index < -0.39 is 0 Å². The standard InChI is InChI=1S/C10H8BrFN2S/c1-6-5-14(10(15)13-6)9-7(11)3-2-4-8(9)12/h2-5H,1H3,(H,13,15). The Hall–Kier alpha value is -0.940. The van der Waals surface area contributed by atoms with Gasteiger partial charge in [-0.15, -0.1) is 0 Å². The smallest absolute Gasteiger partial charge is 0.182 e. The van der Waals surface area contributed by atoms with Crippen LogP contribution < -0.4 is 0 Å². The average molecular weight is 287 g/mol. The number of nitrogens with one attached hydrogen (secondary N) is 1. The van der Waals surface area contributed by atoms with Crippen molar-refractivity contribution in [3.05, 3.63) is 45.2 Å². The summed E-state index contributed by atoms with van der Waals surface area (Å²) in [6.45, 7) is 1.88. The van der Waals surface area contributed by atoms with E-state index in [1.807, 2.05) is 6.92 Å². The Balaban J connectivity index is 2.74. The molecule has 0 saturated heterocycles. The molecule has 2 rings (SSSR count). The van der Waals surface area contributed by atoms with Crippen LogP contribution in [0.25, 0.3) is 5.69 Å². The molecule has 1 N–H and O–H groups in total. The lowest BCUT2D eigenvalue weighted by molar-refractivity contribution is 0.616. The van der Waals surface area contributed by atoms with Crippen LogP contribution >= 0.6 is 28.1 Å². The lowest BCUT2D eigenvalue weighted by atomic mass is 10.3. The lowest BCUT2D eigenvalue weighted by Gasteiger charge is -2.06. The molecule has 0 unspecified atom stereocenters. The number of imidazole rings is 1. The van der Waals surface area contributed by atoms with Crippen molar-refractivity contribution in [2.24, 2.45) is 0 Å². The molecule has 0 atom stereocenters. The summed E-state index contributed by atoms with van der Waals surface area (Å²) in [6, 6.07) is 4.83. The second-order valence-electron chi connectivity index (χ2n) is 3.18. The Labute approximate surface area is 99.9 Å². The van der Waals surface area contributed by atoms with Gasteiger partial charge in [0.05, 0.1) is 5.69 Å². The Morgan fingerprint density at radius 1 is 1.47 bits per heavy atom. The van der Waals surface area contributed by atoms with Crippen LogP contribution in [0.15, 0.2) is 28.9 Å². The zero-order valence-corrected chi connectivity index (χ0v) is 10.3. The first kappa shape index (κ1) is 10.6. The number of halogens is 2. The molecule has 5 heteroatoms. The molecular formula is C10H8BrFN2S. The predicted octanol–water partition coefficient (Wildman–Crippen LogP) is 3.74. The summed E-state index contributed by atoms with van der Waals surface area (Å²) in [5.41, 5.74) is 1.34. The van der Waals surface area contributed by atoms with Gasteiger partial charge in [0.25, 0.3) is 0 Å². The van der Waals surface area contributed by atoms with E-state index in [0.717, 1.165) is 5.69 Å². The SMILES string of the molecule is Cc1cn(-c2c(F)cccc2Br)c(=S)[nH]1. The highest BCUT2D eigenvalue weighted by atomic mass is 79.9. The number of nitrogens with zero attached hydrogens (tertiary/aromatic N) is 1. The van der Waals surface area contributed by atoms with Crippen LogP contribution in [0.4, 0.5) is 4.39 Å². The third kappa shape index (κ3) is 1.89. The normalized spacial score (nSPS) is 10.6. The quantitative estimate of drug-likeness (QED) is 0.792. The van der Waals surface area contributed by atoms with Crippen molar-refractivity contribution >= 4 is 28.1 Å². The molecule has 0 aliphatic carbocycles. The van der Waals surface area contributed by atoms with Gasteiger partial charge in [-0.1, -0.05) is 6.07 Å². The van der Waals surface area contributed by atoms with Crippen LogP contribution in [0.3, 0.4) is 0 Å². The van der Waals surface area contributed by atoms with E-state index in [4.69, 9.17) is 12.2 Å². The summed E-state index contributed by atoms with van der Waals surface area (Å²) in [5.74, 6) is -0.306. The van der Waals surface area contributed by atoms with E-state index in [1.54, 1.807) is 22.9 Å². The van der Waals surface area contributed by atoms with Crippen LogP contribution in [0.1, 0.15) is 5.69 Å². The second kappa shape index (κ2) is 3.90. The number of para-hydroxylation sites is 1. The molecule has 0 amide bonds. The Morgan fingerprint density at radius 2 is 2.20 bits per heavy atom. The van der Waals surface area contributed by atoms with Crippen molar-refractivity contribution in [3.8, 4) is 5.69 Å². The predicted molar refractivity (Wildman–Crippen MR) is 63.3 cm³/mol. The fourth-order valence-electron chi connectivity index (χ4n) is 1.40. The summed E-state index contributed by atoms with van der Waals surface area (Å²) >= 11 is 8.40. The van der Waals surface area contributed by atoms with Crippen molar-refractivity contribution in [3.63, 3.8) is 0 Å². The minimum absolute atomic E-state index is 0.306. The summed E-state index contributed by atoms with van der Waals surface area (Å²) in [6.07, 6.45) is 1.77. The van der Waals surface area contributed by atoms with Gasteiger partial charge in [0.15, 0.2) is 4.77 Å². The number of hydrogen-bond donors (Lipinski definition) is 1. The fourth-order valence-corrected chi connectivity index (χ4v) is 2.24. The molecule has 0 fully saturated rings. The zero-order valence-electron chi connectivity index (χ0n) is 7.92. The minimum atomic E-state index is -0.306. The van der Waals surface area contributed by atoms with E-state index in [9.17, 15) is 4.39 Å². The third-order valence-corrected chi connectivity index (χ3v) is 2.96. The van der Waals surface area contributed by atoms with Crippen LogP contribution in [-0.4, -0.2) is 9.55 Å². The molecule has 78 valence electrons. The molecule has 0 spiro atoms. The Bertz CT molecular complexity index is 539. The molecule has 2 nitrogen and oxygen atoms in total. The molecule has 0 aliphatic rings. The zero-order chi connectivity index (χ0) is 11.0. The number of aromatic amines is 1. The highest BCUT2D eigenvalue weighted by Crippen LogP contribution is 2.24. The summed E-state index contributed by atoms with van der Waals surface area (Å²) < 4.78 is 16.4.